The second-order valence-corrected chi connectivity index (χ2v) is 37.0. The number of nitrogens with zero attached hydrogens (tertiary/aromatic N) is 2. The molecule has 2 aromatic carbocycles. The maximum atomic E-state index is 5.70. The van der Waals surface area contributed by atoms with Crippen molar-refractivity contribution < 1.29 is 9.47 Å². The minimum Gasteiger partial charge on any atom is -0.385 e. The number of benzene rings is 2. The number of aromatic nitrogens is 2. The Labute approximate surface area is 453 Å². The Balaban J connectivity index is 1.05. The molecule has 2 aromatic heterocycles. The minimum atomic E-state index is -0.662. The molecule has 4 rings (SSSR count). The number of para-hydroxylation sites is 2. The molecule has 0 aliphatic rings. The van der Waals surface area contributed by atoms with E-state index in [0.717, 1.165) is 11.5 Å². The van der Waals surface area contributed by atoms with Crippen LogP contribution >= 0.6 is 73.7 Å². The Morgan fingerprint density at radius 1 is 0.406 bits per heavy atom. The molecule has 13 heteroatoms. The van der Waals surface area contributed by atoms with Gasteiger partial charge in [-0.25, -0.2) is 9.97 Å². The van der Waals surface area contributed by atoms with Crippen LogP contribution in [-0.2, 0) is 9.47 Å². The Hall–Kier alpha value is 0.324. The first-order chi connectivity index (χ1) is 33.9. The van der Waals surface area contributed by atoms with Crippen LogP contribution in [-0.4, -0.2) is 64.7 Å². The third kappa shape index (κ3) is 27.6. The number of ether oxygens (including phenoxy) is 2. The molecule has 0 spiro atoms. The molecule has 4 atom stereocenters. The van der Waals surface area contributed by atoms with Gasteiger partial charge in [-0.2, -0.15) is 0 Å². The minimum absolute atomic E-state index is 0.538. The average molecular weight is 1110 g/mol. The molecule has 0 saturated heterocycles. The highest BCUT2D eigenvalue weighted by atomic mass is 33.8. The van der Waals surface area contributed by atoms with Crippen LogP contribution in [0.15, 0.2) is 48.5 Å². The quantitative estimate of drug-likeness (QED) is 0.0245. The molecule has 4 nitrogen and oxygen atoms in total. The van der Waals surface area contributed by atoms with E-state index < -0.39 is 17.6 Å². The molecule has 69 heavy (non-hydrogen) atoms. The first-order valence-electron chi connectivity index (χ1n) is 27.9. The molecular formula is C56H96N2O2S7Si2. The van der Waals surface area contributed by atoms with Crippen molar-refractivity contribution in [3.63, 3.8) is 0 Å². The predicted octanol–water partition coefficient (Wildman–Crippen LogP) is 20.9. The molecule has 0 N–H and O–H groups in total. The fraction of sp³-hybridized carbons (Fsp3) is 0.750. The van der Waals surface area contributed by atoms with Gasteiger partial charge in [-0.05, 0) is 79.4 Å². The number of hydrogen-bond donors (Lipinski definition) is 0. The number of methoxy groups -OCH3 is 2. The highest BCUT2D eigenvalue weighted by Gasteiger charge is 2.20. The van der Waals surface area contributed by atoms with Crippen LogP contribution in [0.5, 0.6) is 0 Å². The molecule has 4 unspecified atom stereocenters. The summed E-state index contributed by atoms with van der Waals surface area (Å²) >= 11 is 3.86. The average Bonchev–Trinajstić information content (AvgIpc) is 3.99. The van der Waals surface area contributed by atoms with Crippen molar-refractivity contribution >= 4 is 112 Å². The van der Waals surface area contributed by atoms with Gasteiger partial charge >= 0.3 is 0 Å². The Bertz CT molecular complexity index is 1620. The van der Waals surface area contributed by atoms with E-state index >= 15 is 0 Å². The van der Waals surface area contributed by atoms with Crippen LogP contribution in [0, 0.1) is 0 Å². The van der Waals surface area contributed by atoms with E-state index in [1.165, 1.54) is 223 Å². The van der Waals surface area contributed by atoms with Gasteiger partial charge in [0.05, 0.1) is 48.0 Å². The highest BCUT2D eigenvalue weighted by Crippen LogP contribution is 2.51. The summed E-state index contributed by atoms with van der Waals surface area (Å²) in [5.41, 5.74) is 3.50. The fourth-order valence-electron chi connectivity index (χ4n) is 9.76. The van der Waals surface area contributed by atoms with Gasteiger partial charge in [-0.15, -0.1) is 22.7 Å². The smallest absolute Gasteiger partial charge is 0.0978 e. The lowest BCUT2D eigenvalue weighted by atomic mass is 10.0. The van der Waals surface area contributed by atoms with Gasteiger partial charge in [0.2, 0.25) is 0 Å². The molecule has 4 aromatic rings. The van der Waals surface area contributed by atoms with Gasteiger partial charge in [0, 0.05) is 49.0 Å². The van der Waals surface area contributed by atoms with E-state index in [0.29, 0.717) is 23.3 Å². The van der Waals surface area contributed by atoms with Crippen molar-refractivity contribution in [1.29, 1.82) is 0 Å². The number of rotatable bonds is 46. The summed E-state index contributed by atoms with van der Waals surface area (Å²) in [6, 6.07) is 17.4. The SMILES string of the molecule is COC(CCCCCCCCCCCCCCCC(CSSSSSCC(CCCCCCCCCCCCCCCC(OC)[SiH](C)C)c1nc2ccccc2s1)c1nc2ccccc2s1)[SiH](C)C. The third-order valence-corrected chi connectivity index (χ3v) is 29.6. The van der Waals surface area contributed by atoms with Crippen LogP contribution in [0.1, 0.15) is 214 Å². The summed E-state index contributed by atoms with van der Waals surface area (Å²) in [4.78, 5) is 10.3. The highest BCUT2D eigenvalue weighted by molar-refractivity contribution is 9.35. The molecule has 0 radical (unpaired) electrons. The number of unbranched alkanes of at least 4 members (excludes halogenated alkanes) is 24. The summed E-state index contributed by atoms with van der Waals surface area (Å²) in [7, 11) is 12.5. The maximum absolute atomic E-state index is 5.70. The van der Waals surface area contributed by atoms with Crippen molar-refractivity contribution in [2.45, 2.75) is 242 Å². The van der Waals surface area contributed by atoms with E-state index in [9.17, 15) is 0 Å². The zero-order valence-corrected chi connectivity index (χ0v) is 52.3. The van der Waals surface area contributed by atoms with Crippen molar-refractivity contribution in [2.75, 3.05) is 25.7 Å². The molecule has 2 heterocycles. The van der Waals surface area contributed by atoms with Gasteiger partial charge in [0.1, 0.15) is 0 Å². The summed E-state index contributed by atoms with van der Waals surface area (Å²) < 4.78 is 14.1. The molecule has 0 aliphatic carbocycles. The standard InChI is InChI=1S/C56H96N2O2S7Si2/c1-59-53(68(3)4)43-31-27-23-19-15-11-7-9-13-17-21-25-29-37-47(55-57-49-39-33-35-41-51(49)63-55)45-61-65-67-66-62-46-48(56-58-50-40-34-36-42-52(50)64-56)38-30-26-22-18-14-10-8-12-16-20-24-28-32-44-54(60-2)69(5)6/h33-36,39-42,47-48,53-54,68-69H,7-32,37-38,43-46H2,1-6H3. The monoisotopic (exact) mass is 1110 g/mol. The lowest BCUT2D eigenvalue weighted by Crippen LogP contribution is -2.26. The summed E-state index contributed by atoms with van der Waals surface area (Å²) in [5.74, 6) is 3.35. The molecule has 0 amide bonds. The molecule has 0 bridgehead atoms. The van der Waals surface area contributed by atoms with Gasteiger partial charge in [-0.1, -0.05) is 239 Å². The first kappa shape index (κ1) is 61.9. The molecule has 392 valence electrons. The van der Waals surface area contributed by atoms with Gasteiger partial charge in [0.15, 0.2) is 0 Å². The van der Waals surface area contributed by atoms with Gasteiger partial charge < -0.3 is 9.47 Å². The van der Waals surface area contributed by atoms with Gasteiger partial charge in [0.25, 0.3) is 0 Å². The van der Waals surface area contributed by atoms with Crippen LogP contribution < -0.4 is 0 Å². The molecule has 0 fully saturated rings. The largest absolute Gasteiger partial charge is 0.385 e. The zero-order valence-electron chi connectivity index (χ0n) is 44.3. The Morgan fingerprint density at radius 3 is 0.986 bits per heavy atom. The zero-order chi connectivity index (χ0) is 49.0. The van der Waals surface area contributed by atoms with Crippen molar-refractivity contribution in [3.8, 4) is 0 Å². The van der Waals surface area contributed by atoms with E-state index in [1.54, 1.807) is 0 Å². The van der Waals surface area contributed by atoms with Crippen LogP contribution in [0.25, 0.3) is 20.4 Å². The van der Waals surface area contributed by atoms with Crippen LogP contribution in [0.4, 0.5) is 0 Å². The van der Waals surface area contributed by atoms with Crippen LogP contribution in [0.2, 0.25) is 26.2 Å². The Kier molecular flexibility index (Phi) is 36.4. The lowest BCUT2D eigenvalue weighted by Gasteiger charge is -2.17. The normalized spacial score (nSPS) is 13.9. The predicted molar refractivity (Wildman–Crippen MR) is 330 cm³/mol. The number of fused-ring (bicyclic) bond motifs is 2. The first-order valence-corrected chi connectivity index (χ1v) is 42.0. The molecule has 0 saturated carbocycles. The maximum Gasteiger partial charge on any atom is 0.0978 e. The lowest BCUT2D eigenvalue weighted by molar-refractivity contribution is 0.151. The van der Waals surface area contributed by atoms with E-state index in [4.69, 9.17) is 19.4 Å². The second-order valence-electron chi connectivity index (χ2n) is 20.6. The van der Waals surface area contributed by atoms with E-state index in [-0.39, 0.29) is 0 Å². The molecular weight excluding hydrogens is 1010 g/mol. The van der Waals surface area contributed by atoms with Gasteiger partial charge in [-0.3, -0.25) is 0 Å². The second kappa shape index (κ2) is 40.6. The topological polar surface area (TPSA) is 44.2 Å². The van der Waals surface area contributed by atoms with E-state index in [2.05, 4.69) is 74.7 Å². The molecule has 0 aliphatic heterocycles. The Morgan fingerprint density at radius 2 is 0.696 bits per heavy atom. The van der Waals surface area contributed by atoms with E-state index in [1.807, 2.05) is 88.0 Å². The van der Waals surface area contributed by atoms with Crippen molar-refractivity contribution in [1.82, 2.24) is 9.97 Å². The summed E-state index contributed by atoms with van der Waals surface area (Å²) in [5, 5.41) is 2.69. The third-order valence-electron chi connectivity index (χ3n) is 14.2. The fourth-order valence-corrected chi connectivity index (χ4v) is 24.4. The summed E-state index contributed by atoms with van der Waals surface area (Å²) in [6.07, 6.45) is 41.4. The summed E-state index contributed by atoms with van der Waals surface area (Å²) in [6.45, 7) is 9.66. The van der Waals surface area contributed by atoms with Crippen molar-refractivity contribution in [2.24, 2.45) is 0 Å². The number of hydrogen-bond acceptors (Lipinski definition) is 11. The van der Waals surface area contributed by atoms with Crippen LogP contribution in [0.3, 0.4) is 0 Å². The number of thiazole rings is 2. The van der Waals surface area contributed by atoms with Crippen molar-refractivity contribution in [3.05, 3.63) is 58.5 Å².